The lowest BCUT2D eigenvalue weighted by molar-refractivity contribution is 1.10. The molecule has 2 nitrogen and oxygen atoms in total. The van der Waals surface area contributed by atoms with Gasteiger partial charge in [-0.3, -0.25) is 4.57 Å². The lowest BCUT2D eigenvalue weighted by Gasteiger charge is -2.12. The molecule has 0 amide bonds. The fourth-order valence-corrected chi connectivity index (χ4v) is 3.38. The average molecular weight is 380 g/mol. The summed E-state index contributed by atoms with van der Waals surface area (Å²) < 4.78 is 26.1. The van der Waals surface area contributed by atoms with Crippen molar-refractivity contribution in [2.75, 3.05) is 0 Å². The maximum atomic E-state index is 7.99. The topological polar surface area (TPSA) is 17.8 Å². The lowest BCUT2D eigenvalue weighted by atomic mass is 9.98. The Bertz CT molecular complexity index is 1330. The smallest absolute Gasteiger partial charge is 0.145 e. The number of benzene rings is 3. The minimum Gasteiger partial charge on any atom is -0.292 e. The summed E-state index contributed by atoms with van der Waals surface area (Å²) in [6.45, 7) is 3.81. The van der Waals surface area contributed by atoms with Gasteiger partial charge in [-0.2, -0.15) is 0 Å². The van der Waals surface area contributed by atoms with Gasteiger partial charge in [0.25, 0.3) is 0 Å². The summed E-state index contributed by atoms with van der Waals surface area (Å²) in [5.41, 5.74) is 5.19. The van der Waals surface area contributed by atoms with E-state index in [1.54, 1.807) is 6.07 Å². The summed E-state index contributed by atoms with van der Waals surface area (Å²) in [5.74, 6) is 0.751. The molecular weight excluding hydrogens is 352 g/mol. The third-order valence-corrected chi connectivity index (χ3v) is 4.80. The van der Waals surface area contributed by atoms with Crippen LogP contribution >= 0.6 is 0 Å². The van der Waals surface area contributed by atoms with Crippen LogP contribution in [0.4, 0.5) is 0 Å². The van der Waals surface area contributed by atoms with Crippen LogP contribution < -0.4 is 0 Å². The van der Waals surface area contributed by atoms with Gasteiger partial charge >= 0.3 is 0 Å². The molecule has 0 bridgehead atoms. The zero-order valence-corrected chi connectivity index (χ0v) is 16.3. The highest BCUT2D eigenvalue weighted by molar-refractivity contribution is 5.84. The van der Waals surface area contributed by atoms with Crippen molar-refractivity contribution in [3.05, 3.63) is 115 Å². The van der Waals surface area contributed by atoms with Gasteiger partial charge in [-0.05, 0) is 60.8 Å². The van der Waals surface area contributed by atoms with Crippen LogP contribution in [0.5, 0.6) is 0 Å². The van der Waals surface area contributed by atoms with Crippen LogP contribution in [0.15, 0.2) is 104 Å². The van der Waals surface area contributed by atoms with E-state index >= 15 is 0 Å². The first kappa shape index (κ1) is 15.3. The van der Waals surface area contributed by atoms with E-state index in [9.17, 15) is 0 Å². The molecule has 0 fully saturated rings. The Balaban J connectivity index is 1.95. The van der Waals surface area contributed by atoms with Gasteiger partial charge in [-0.15, -0.1) is 0 Å². The number of imidazole rings is 1. The zero-order chi connectivity index (χ0) is 22.7. The van der Waals surface area contributed by atoms with Crippen molar-refractivity contribution in [1.82, 2.24) is 9.55 Å². The maximum absolute atomic E-state index is 7.99. The molecule has 2 heteroatoms. The maximum Gasteiger partial charge on any atom is 0.145 e. The molecule has 0 spiro atoms. The van der Waals surface area contributed by atoms with Gasteiger partial charge in [0.15, 0.2) is 0 Å². The van der Waals surface area contributed by atoms with E-state index in [0.29, 0.717) is 11.1 Å². The van der Waals surface area contributed by atoms with Crippen molar-refractivity contribution in [2.24, 2.45) is 0 Å². The van der Waals surface area contributed by atoms with Crippen LogP contribution in [-0.4, -0.2) is 9.55 Å². The van der Waals surface area contributed by atoms with E-state index in [1.807, 2.05) is 98.0 Å². The molecule has 0 radical (unpaired) electrons. The minimum atomic E-state index is -2.25. The van der Waals surface area contributed by atoms with E-state index in [-0.39, 0.29) is 5.56 Å². The second-order valence-corrected chi connectivity index (χ2v) is 6.77. The van der Waals surface area contributed by atoms with Gasteiger partial charge in [0.2, 0.25) is 0 Å². The molecule has 0 unspecified atom stereocenters. The molecule has 1 heterocycles. The van der Waals surface area contributed by atoms with Crippen LogP contribution in [0.3, 0.4) is 0 Å². The van der Waals surface area contributed by atoms with E-state index in [4.69, 9.17) is 9.10 Å². The fourth-order valence-electron chi connectivity index (χ4n) is 3.38. The summed E-state index contributed by atoms with van der Waals surface area (Å²) in [5, 5.41) is 0. The quantitative estimate of drug-likeness (QED) is 0.337. The van der Waals surface area contributed by atoms with Crippen LogP contribution in [0, 0.1) is 6.85 Å². The molecule has 0 saturated heterocycles. The number of aryl methyl sites for hydroxylation is 1. The highest BCUT2D eigenvalue weighted by Crippen LogP contribution is 2.31. The number of nitrogens with zero attached hydrogens (tertiary/aromatic N) is 2. The largest absolute Gasteiger partial charge is 0.292 e. The van der Waals surface area contributed by atoms with Gasteiger partial charge in [-0.25, -0.2) is 4.98 Å². The van der Waals surface area contributed by atoms with E-state index in [0.717, 1.165) is 28.1 Å². The Kier molecular flexibility index (Phi) is 4.30. The van der Waals surface area contributed by atoms with Gasteiger partial charge in [-0.1, -0.05) is 73.3 Å². The van der Waals surface area contributed by atoms with Crippen LogP contribution in [-0.2, 0) is 0 Å². The number of aromatic nitrogens is 2. The number of hydrogen-bond acceptors (Lipinski definition) is 1. The Morgan fingerprint density at radius 1 is 1.00 bits per heavy atom. The molecule has 3 aromatic carbocycles. The summed E-state index contributed by atoms with van der Waals surface area (Å²) >= 11 is 0. The molecule has 29 heavy (non-hydrogen) atoms. The first-order valence-electron chi connectivity index (χ1n) is 11.1. The molecule has 4 rings (SSSR count). The van der Waals surface area contributed by atoms with Crippen molar-refractivity contribution in [3.63, 3.8) is 0 Å². The SMILES string of the molecule is [2H]C([2H])([2H])c1ccc(-c2nc3ccccc3n2-c2ccccc2)cc1C(=C)/C=C\C=C/C. The molecule has 1 aromatic heterocycles. The van der Waals surface area contributed by atoms with Crippen molar-refractivity contribution < 1.29 is 4.11 Å². The normalized spacial score (nSPS) is 13.6. The number of allylic oxidation sites excluding steroid dienone is 5. The summed E-state index contributed by atoms with van der Waals surface area (Å²) in [6, 6.07) is 23.4. The van der Waals surface area contributed by atoms with E-state index < -0.39 is 6.85 Å². The van der Waals surface area contributed by atoms with E-state index in [2.05, 4.69) is 11.1 Å². The predicted molar refractivity (Wildman–Crippen MR) is 124 cm³/mol. The number of para-hydroxylation sites is 3. The summed E-state index contributed by atoms with van der Waals surface area (Å²) in [7, 11) is 0. The molecular formula is C27H24N2. The van der Waals surface area contributed by atoms with Gasteiger partial charge < -0.3 is 0 Å². The van der Waals surface area contributed by atoms with Crippen molar-refractivity contribution in [2.45, 2.75) is 13.8 Å². The van der Waals surface area contributed by atoms with Crippen LogP contribution in [0.1, 0.15) is 22.2 Å². The standard InChI is InChI=1S/C27H24N2/c1-4-5-7-12-20(2)24-19-22(18-17-21(24)3)27-28-25-15-10-11-16-26(25)29(27)23-13-8-6-9-14-23/h4-19H,2H2,1,3H3/b5-4-,12-7-/i3D3. The Labute approximate surface area is 176 Å². The Morgan fingerprint density at radius 3 is 2.59 bits per heavy atom. The lowest BCUT2D eigenvalue weighted by Crippen LogP contribution is -1.98. The zero-order valence-electron chi connectivity index (χ0n) is 19.3. The van der Waals surface area contributed by atoms with Crippen molar-refractivity contribution in [1.29, 1.82) is 0 Å². The first-order valence-corrected chi connectivity index (χ1v) is 9.56. The molecule has 0 saturated carbocycles. The average Bonchev–Trinajstić information content (AvgIpc) is 3.18. The monoisotopic (exact) mass is 379 g/mol. The number of hydrogen-bond donors (Lipinski definition) is 0. The molecule has 142 valence electrons. The summed E-state index contributed by atoms with van der Waals surface area (Å²) in [4.78, 5) is 4.89. The fraction of sp³-hybridized carbons (Fsp3) is 0.0741. The minimum absolute atomic E-state index is 0.277. The number of rotatable bonds is 5. The predicted octanol–water partition coefficient (Wildman–Crippen LogP) is 7.15. The second kappa shape index (κ2) is 8.15. The second-order valence-electron chi connectivity index (χ2n) is 6.77. The Morgan fingerprint density at radius 2 is 1.79 bits per heavy atom. The molecule has 4 aromatic rings. The summed E-state index contributed by atoms with van der Waals surface area (Å²) in [6.07, 6.45) is 7.48. The molecule has 0 aliphatic carbocycles. The molecule has 0 aliphatic rings. The molecule has 0 aliphatic heterocycles. The Hall–Kier alpha value is -3.65. The highest BCUT2D eigenvalue weighted by atomic mass is 15.1. The molecule has 0 atom stereocenters. The third-order valence-electron chi connectivity index (χ3n) is 4.80. The van der Waals surface area contributed by atoms with Gasteiger partial charge in [0.1, 0.15) is 5.82 Å². The van der Waals surface area contributed by atoms with Gasteiger partial charge in [0, 0.05) is 15.4 Å². The van der Waals surface area contributed by atoms with Crippen molar-refractivity contribution >= 4 is 16.6 Å². The van der Waals surface area contributed by atoms with Gasteiger partial charge in [0.05, 0.1) is 11.0 Å². The van der Waals surface area contributed by atoms with Crippen LogP contribution in [0.2, 0.25) is 0 Å². The van der Waals surface area contributed by atoms with E-state index in [1.165, 1.54) is 0 Å². The first-order chi connectivity index (χ1) is 15.4. The third kappa shape index (κ3) is 3.70. The van der Waals surface area contributed by atoms with Crippen LogP contribution in [0.25, 0.3) is 33.7 Å². The molecule has 0 N–H and O–H groups in total. The highest BCUT2D eigenvalue weighted by Gasteiger charge is 2.15. The number of fused-ring (bicyclic) bond motifs is 1. The van der Waals surface area contributed by atoms with Crippen molar-refractivity contribution in [3.8, 4) is 17.1 Å².